The van der Waals surface area contributed by atoms with Crippen molar-refractivity contribution in [3.8, 4) is 11.8 Å². The lowest BCUT2D eigenvalue weighted by atomic mass is 9.99. The van der Waals surface area contributed by atoms with Gasteiger partial charge in [0.05, 0.1) is 23.3 Å². The molecule has 5 aromatic rings. The van der Waals surface area contributed by atoms with Crippen molar-refractivity contribution in [2.24, 2.45) is 0 Å². The first-order valence-corrected chi connectivity index (χ1v) is 19.1. The maximum atomic E-state index is 14.5. The fourth-order valence-corrected chi connectivity index (χ4v) is 7.79. The molecule has 12 nitrogen and oxygen atoms in total. The van der Waals surface area contributed by atoms with E-state index >= 15 is 0 Å². The number of nitrogens with two attached hydrogens (primary N) is 1. The molecule has 0 bridgehead atoms. The molecule has 7 rings (SSSR count). The van der Waals surface area contributed by atoms with Crippen LogP contribution < -0.4 is 11.1 Å². The van der Waals surface area contributed by atoms with Crippen molar-refractivity contribution in [1.82, 2.24) is 30.1 Å². The lowest BCUT2D eigenvalue weighted by Gasteiger charge is -2.46. The van der Waals surface area contributed by atoms with Crippen molar-refractivity contribution in [2.45, 2.75) is 51.7 Å². The van der Waals surface area contributed by atoms with E-state index in [1.165, 1.54) is 28.5 Å². The van der Waals surface area contributed by atoms with Gasteiger partial charge >= 0.3 is 12.0 Å². The van der Waals surface area contributed by atoms with Crippen LogP contribution in [0.5, 0.6) is 0 Å². The van der Waals surface area contributed by atoms with Gasteiger partial charge in [-0.05, 0) is 59.0 Å². The molecule has 4 aromatic carbocycles. The zero-order valence-corrected chi connectivity index (χ0v) is 31.5. The van der Waals surface area contributed by atoms with Crippen molar-refractivity contribution >= 4 is 50.5 Å². The van der Waals surface area contributed by atoms with E-state index < -0.39 is 24.2 Å². The van der Waals surface area contributed by atoms with Crippen molar-refractivity contribution in [2.75, 3.05) is 25.4 Å². The van der Waals surface area contributed by atoms with Gasteiger partial charge < -0.3 is 25.6 Å². The number of nitrogens with one attached hydrogen (secondary N) is 1. The van der Waals surface area contributed by atoms with Crippen LogP contribution in [0.3, 0.4) is 0 Å². The Balaban J connectivity index is 1.12. The molecule has 0 radical (unpaired) electrons. The number of ether oxygens (including phenoxy) is 1. The molecular formula is C42H40FN7O5S. The monoisotopic (exact) mass is 773 g/mol. The molecule has 0 saturated carbocycles. The fraction of sp³-hybridized carbons (Fsp3) is 0.262. The molecule has 2 saturated heterocycles. The normalized spacial score (nSPS) is 16.7. The molecule has 0 unspecified atom stereocenters. The third-order valence-electron chi connectivity index (χ3n) is 9.69. The van der Waals surface area contributed by atoms with E-state index in [0.29, 0.717) is 23.7 Å². The van der Waals surface area contributed by atoms with Gasteiger partial charge in [-0.1, -0.05) is 90.9 Å². The number of nitrogen functional groups attached to an aromatic ring is 1. The number of urea groups is 1. The highest BCUT2D eigenvalue weighted by atomic mass is 32.1. The Bertz CT molecular complexity index is 2290. The van der Waals surface area contributed by atoms with Gasteiger partial charge in [0.15, 0.2) is 5.13 Å². The predicted octanol–water partition coefficient (Wildman–Crippen LogP) is 5.07. The van der Waals surface area contributed by atoms with Gasteiger partial charge in [-0.25, -0.2) is 19.0 Å². The maximum absolute atomic E-state index is 14.5. The highest BCUT2D eigenvalue weighted by Crippen LogP contribution is 2.32. The molecule has 14 heteroatoms. The third-order valence-corrected chi connectivity index (χ3v) is 10.5. The zero-order valence-electron chi connectivity index (χ0n) is 30.7. The summed E-state index contributed by atoms with van der Waals surface area (Å²) in [6.07, 6.45) is 0.178. The highest BCUT2D eigenvalue weighted by Gasteiger charge is 2.52. The summed E-state index contributed by atoms with van der Waals surface area (Å²) >= 11 is 1.37. The number of halogens is 1. The van der Waals surface area contributed by atoms with E-state index in [4.69, 9.17) is 10.5 Å². The van der Waals surface area contributed by atoms with Crippen LogP contribution in [0.2, 0.25) is 0 Å². The summed E-state index contributed by atoms with van der Waals surface area (Å²) in [6.45, 7) is 2.83. The Morgan fingerprint density at radius 3 is 2.48 bits per heavy atom. The predicted molar refractivity (Wildman–Crippen MR) is 209 cm³/mol. The van der Waals surface area contributed by atoms with Gasteiger partial charge in [0.1, 0.15) is 24.6 Å². The quantitative estimate of drug-likeness (QED) is 0.140. The number of carbonyl (C=O) groups is 4. The van der Waals surface area contributed by atoms with Crippen LogP contribution in [-0.4, -0.2) is 80.5 Å². The largest absolute Gasteiger partial charge is 0.451 e. The number of fused-ring (bicyclic) bond motifs is 2. The minimum Gasteiger partial charge on any atom is -0.451 e. The number of rotatable bonds is 11. The summed E-state index contributed by atoms with van der Waals surface area (Å²) in [7, 11) is 0. The second-order valence-corrected chi connectivity index (χ2v) is 14.6. The molecule has 286 valence electrons. The number of benzene rings is 4. The number of para-hydroxylation sites is 1. The molecular weight excluding hydrogens is 734 g/mol. The second kappa shape index (κ2) is 17.0. The molecule has 2 fully saturated rings. The summed E-state index contributed by atoms with van der Waals surface area (Å²) < 4.78 is 19.7. The summed E-state index contributed by atoms with van der Waals surface area (Å²) in [5, 5.41) is 6.62. The second-order valence-electron chi connectivity index (χ2n) is 13.6. The standard InChI is InChI=1S/C42H40FN7O5S/c1-2-21-48(42(54)45-23-30-15-18-33(43)19-16-30)49-26-37(51)50-34(40(53)47(25-36(49)50)24-32-9-6-10-35-39(32)46-41(44)56-35)22-29-13-11-28(12-14-29)17-20-38(52)55-27-31-7-4-3-5-8-31/h3-16,18-19,34,36H,2,21-27H2,1H3,(H2,44,46)(H,45,54)/t34-,36+/m0/s1. The van der Waals surface area contributed by atoms with E-state index in [0.717, 1.165) is 32.5 Å². The molecule has 0 aliphatic carbocycles. The fourth-order valence-electron chi connectivity index (χ4n) is 7.01. The summed E-state index contributed by atoms with van der Waals surface area (Å²) in [4.78, 5) is 62.3. The van der Waals surface area contributed by atoms with Gasteiger partial charge in [-0.3, -0.25) is 14.6 Å². The maximum Gasteiger partial charge on any atom is 0.385 e. The number of piperazine rings is 1. The smallest absolute Gasteiger partial charge is 0.385 e. The Labute approximate surface area is 327 Å². The number of anilines is 1. The number of carbonyl (C=O) groups excluding carboxylic acids is 4. The van der Waals surface area contributed by atoms with Crippen LogP contribution in [0.15, 0.2) is 97.1 Å². The Hall–Kier alpha value is -6.30. The highest BCUT2D eigenvalue weighted by molar-refractivity contribution is 7.22. The van der Waals surface area contributed by atoms with Gasteiger partial charge in [0.2, 0.25) is 11.8 Å². The molecule has 3 N–H and O–H groups in total. The van der Waals surface area contributed by atoms with E-state index in [1.54, 1.807) is 39.1 Å². The number of hydrogen-bond donors (Lipinski definition) is 2. The number of amides is 4. The van der Waals surface area contributed by atoms with Crippen molar-refractivity contribution < 1.29 is 28.3 Å². The SMILES string of the molecule is CCCN(C(=O)NCc1ccc(F)cc1)N1CC(=O)N2[C@@H](Cc3ccc(C#CC(=O)OCc4ccccc4)cc3)C(=O)N(Cc3cccc4sc(N)nc34)C[C@@H]21. The number of hydrogen-bond acceptors (Lipinski definition) is 9. The lowest BCUT2D eigenvalue weighted by molar-refractivity contribution is -0.157. The Morgan fingerprint density at radius 1 is 0.982 bits per heavy atom. The molecule has 1 aromatic heterocycles. The first-order valence-electron chi connectivity index (χ1n) is 18.3. The van der Waals surface area contributed by atoms with Crippen LogP contribution in [0.1, 0.15) is 41.2 Å². The summed E-state index contributed by atoms with van der Waals surface area (Å²) in [6, 6.07) is 26.8. The topological polar surface area (TPSA) is 141 Å². The Kier molecular flexibility index (Phi) is 11.5. The van der Waals surface area contributed by atoms with Crippen LogP contribution in [0, 0.1) is 17.7 Å². The van der Waals surface area contributed by atoms with Crippen LogP contribution in [0.4, 0.5) is 14.3 Å². The van der Waals surface area contributed by atoms with Gasteiger partial charge in [-0.15, -0.1) is 0 Å². The van der Waals surface area contributed by atoms with Gasteiger partial charge in [-0.2, -0.15) is 5.01 Å². The van der Waals surface area contributed by atoms with E-state index in [2.05, 4.69) is 22.1 Å². The molecule has 2 aliphatic rings. The third kappa shape index (κ3) is 8.64. The first kappa shape index (κ1) is 38.0. The minimum atomic E-state index is -0.874. The number of thiazole rings is 1. The molecule has 3 heterocycles. The van der Waals surface area contributed by atoms with Gasteiger partial charge in [0, 0.05) is 37.5 Å². The van der Waals surface area contributed by atoms with E-state index in [-0.39, 0.29) is 56.8 Å². The lowest BCUT2D eigenvalue weighted by Crippen LogP contribution is -2.66. The van der Waals surface area contributed by atoms with E-state index in [1.807, 2.05) is 67.6 Å². The number of esters is 1. The average Bonchev–Trinajstić information content (AvgIpc) is 3.75. The van der Waals surface area contributed by atoms with Gasteiger partial charge in [0.25, 0.3) is 0 Å². The van der Waals surface area contributed by atoms with Crippen molar-refractivity contribution in [3.05, 3.63) is 131 Å². The number of hydrazine groups is 1. The summed E-state index contributed by atoms with van der Waals surface area (Å²) in [5.74, 6) is 3.83. The number of nitrogens with zero attached hydrogens (tertiary/aromatic N) is 5. The average molecular weight is 774 g/mol. The molecule has 0 spiro atoms. The van der Waals surface area contributed by atoms with Crippen molar-refractivity contribution in [3.63, 3.8) is 0 Å². The minimum absolute atomic E-state index is 0.0979. The molecule has 2 aliphatic heterocycles. The molecule has 2 atom stereocenters. The molecule has 4 amide bonds. The van der Waals surface area contributed by atoms with E-state index in [9.17, 15) is 23.6 Å². The van der Waals surface area contributed by atoms with Crippen molar-refractivity contribution in [1.29, 1.82) is 0 Å². The van der Waals surface area contributed by atoms with Crippen LogP contribution in [0.25, 0.3) is 10.2 Å². The van der Waals surface area contributed by atoms with Crippen LogP contribution in [-0.2, 0) is 45.2 Å². The first-order chi connectivity index (χ1) is 27.2. The Morgan fingerprint density at radius 2 is 1.73 bits per heavy atom. The molecule has 56 heavy (non-hydrogen) atoms. The van der Waals surface area contributed by atoms with Crippen LogP contribution >= 0.6 is 11.3 Å². The number of aromatic nitrogens is 1. The zero-order chi connectivity index (χ0) is 39.2. The summed E-state index contributed by atoms with van der Waals surface area (Å²) in [5.41, 5.74) is 10.5.